The number of ether oxygens (including phenoxy) is 1. The summed E-state index contributed by atoms with van der Waals surface area (Å²) in [6, 6.07) is 11.7. The van der Waals surface area contributed by atoms with Gasteiger partial charge in [0.2, 0.25) is 0 Å². The van der Waals surface area contributed by atoms with Crippen molar-refractivity contribution in [1.82, 2.24) is 9.97 Å². The third-order valence-corrected chi connectivity index (χ3v) is 3.10. The molecular weight excluding hydrogens is 248 g/mol. The molecule has 0 fully saturated rings. The van der Waals surface area contributed by atoms with E-state index in [2.05, 4.69) is 9.97 Å². The van der Waals surface area contributed by atoms with Crippen LogP contribution in [0.4, 0.5) is 0 Å². The largest absolute Gasteiger partial charge is 0.489 e. The molecule has 1 aromatic carbocycles. The average Bonchev–Trinajstić information content (AvgIpc) is 2.85. The molecular formula is C14H11ClN2O. The van der Waals surface area contributed by atoms with E-state index >= 15 is 0 Å². The van der Waals surface area contributed by atoms with Crippen molar-refractivity contribution in [3.05, 3.63) is 59.5 Å². The van der Waals surface area contributed by atoms with Crippen LogP contribution in [0, 0.1) is 0 Å². The molecule has 4 heteroatoms. The van der Waals surface area contributed by atoms with Crippen LogP contribution in [0.15, 0.2) is 48.8 Å². The summed E-state index contributed by atoms with van der Waals surface area (Å²) in [6.07, 6.45) is 3.57. The Kier molecular flexibility index (Phi) is 2.90. The summed E-state index contributed by atoms with van der Waals surface area (Å²) in [4.78, 5) is 7.16. The van der Waals surface area contributed by atoms with Crippen LogP contribution in [-0.4, -0.2) is 9.97 Å². The third kappa shape index (κ3) is 2.17. The van der Waals surface area contributed by atoms with Crippen molar-refractivity contribution in [1.29, 1.82) is 0 Å². The van der Waals surface area contributed by atoms with Gasteiger partial charge >= 0.3 is 0 Å². The number of benzene rings is 1. The fraction of sp³-hybridized carbons (Fsp3) is 0.0714. The minimum Gasteiger partial charge on any atom is -0.489 e. The zero-order valence-electron chi connectivity index (χ0n) is 9.56. The van der Waals surface area contributed by atoms with Gasteiger partial charge in [0.15, 0.2) is 0 Å². The number of halogens is 1. The Hall–Kier alpha value is -2.00. The number of hydrogen-bond acceptors (Lipinski definition) is 2. The van der Waals surface area contributed by atoms with Gasteiger partial charge in [-0.25, -0.2) is 4.98 Å². The second kappa shape index (κ2) is 4.70. The number of aromatic amines is 1. The molecule has 2 aromatic heterocycles. The highest BCUT2D eigenvalue weighted by atomic mass is 35.5. The summed E-state index contributed by atoms with van der Waals surface area (Å²) < 4.78 is 5.71. The topological polar surface area (TPSA) is 37.9 Å². The lowest BCUT2D eigenvalue weighted by Crippen LogP contribution is -1.97. The summed E-state index contributed by atoms with van der Waals surface area (Å²) in [5, 5.41) is 1.62. The first kappa shape index (κ1) is 11.1. The third-order valence-electron chi connectivity index (χ3n) is 2.76. The van der Waals surface area contributed by atoms with Gasteiger partial charge < -0.3 is 9.72 Å². The molecule has 0 saturated carbocycles. The molecule has 0 aliphatic heterocycles. The molecule has 18 heavy (non-hydrogen) atoms. The van der Waals surface area contributed by atoms with Crippen molar-refractivity contribution < 1.29 is 4.74 Å². The fourth-order valence-corrected chi connectivity index (χ4v) is 1.98. The summed E-state index contributed by atoms with van der Waals surface area (Å²) in [5.41, 5.74) is 1.98. The standard InChI is InChI=1S/C14H11ClN2O/c15-14-11(2-1-6-17-14)9-18-12-3-4-13-10(8-12)5-7-16-13/h1-8,16H,9H2. The maximum atomic E-state index is 5.97. The monoisotopic (exact) mass is 258 g/mol. The van der Waals surface area contributed by atoms with Crippen molar-refractivity contribution in [3.63, 3.8) is 0 Å². The van der Waals surface area contributed by atoms with Gasteiger partial charge in [0.25, 0.3) is 0 Å². The predicted molar refractivity (Wildman–Crippen MR) is 71.9 cm³/mol. The van der Waals surface area contributed by atoms with Crippen LogP contribution in [0.1, 0.15) is 5.56 Å². The van der Waals surface area contributed by atoms with E-state index in [1.54, 1.807) is 6.20 Å². The van der Waals surface area contributed by atoms with Crippen LogP contribution < -0.4 is 4.74 Å². The summed E-state index contributed by atoms with van der Waals surface area (Å²) in [6.45, 7) is 0.419. The number of nitrogens with one attached hydrogen (secondary N) is 1. The number of pyridine rings is 1. The van der Waals surface area contributed by atoms with Crippen molar-refractivity contribution in [2.75, 3.05) is 0 Å². The van der Waals surface area contributed by atoms with Crippen molar-refractivity contribution >= 4 is 22.5 Å². The molecule has 0 bridgehead atoms. The van der Waals surface area contributed by atoms with E-state index in [1.807, 2.05) is 42.6 Å². The van der Waals surface area contributed by atoms with Crippen LogP contribution in [0.2, 0.25) is 5.15 Å². The van der Waals surface area contributed by atoms with Gasteiger partial charge in [-0.15, -0.1) is 0 Å². The fourth-order valence-electron chi connectivity index (χ4n) is 1.81. The highest BCUT2D eigenvalue weighted by Crippen LogP contribution is 2.21. The van der Waals surface area contributed by atoms with E-state index in [0.29, 0.717) is 11.8 Å². The first-order chi connectivity index (χ1) is 8.83. The van der Waals surface area contributed by atoms with Gasteiger partial charge in [0, 0.05) is 28.9 Å². The van der Waals surface area contributed by atoms with E-state index in [1.165, 1.54) is 0 Å². The Morgan fingerprint density at radius 2 is 2.17 bits per heavy atom. The second-order valence-electron chi connectivity index (χ2n) is 3.97. The SMILES string of the molecule is Clc1ncccc1COc1ccc2[nH]ccc2c1. The molecule has 0 radical (unpaired) electrons. The van der Waals surface area contributed by atoms with Crippen molar-refractivity contribution in [3.8, 4) is 5.75 Å². The Bertz CT molecular complexity index is 678. The molecule has 2 heterocycles. The first-order valence-electron chi connectivity index (χ1n) is 5.62. The molecule has 0 saturated heterocycles. The quantitative estimate of drug-likeness (QED) is 0.726. The summed E-state index contributed by atoms with van der Waals surface area (Å²) in [7, 11) is 0. The number of rotatable bonds is 3. The Labute approximate surface area is 109 Å². The second-order valence-corrected chi connectivity index (χ2v) is 4.33. The number of nitrogens with zero attached hydrogens (tertiary/aromatic N) is 1. The molecule has 0 amide bonds. The van der Waals surface area contributed by atoms with E-state index in [0.717, 1.165) is 22.2 Å². The van der Waals surface area contributed by atoms with Crippen molar-refractivity contribution in [2.45, 2.75) is 6.61 Å². The lowest BCUT2D eigenvalue weighted by atomic mass is 10.2. The molecule has 1 N–H and O–H groups in total. The number of hydrogen-bond donors (Lipinski definition) is 1. The maximum Gasteiger partial charge on any atom is 0.135 e. The van der Waals surface area contributed by atoms with Crippen LogP contribution in [0.3, 0.4) is 0 Å². The summed E-state index contributed by atoms with van der Waals surface area (Å²) >= 11 is 5.97. The lowest BCUT2D eigenvalue weighted by molar-refractivity contribution is 0.306. The number of aromatic nitrogens is 2. The van der Waals surface area contributed by atoms with Gasteiger partial charge in [-0.2, -0.15) is 0 Å². The summed E-state index contributed by atoms with van der Waals surface area (Å²) in [5.74, 6) is 0.821. The van der Waals surface area contributed by atoms with Crippen molar-refractivity contribution in [2.24, 2.45) is 0 Å². The Morgan fingerprint density at radius 3 is 3.06 bits per heavy atom. The zero-order valence-corrected chi connectivity index (χ0v) is 10.3. The van der Waals surface area contributed by atoms with Gasteiger partial charge in [-0.3, -0.25) is 0 Å². The van der Waals surface area contributed by atoms with Gasteiger partial charge in [-0.1, -0.05) is 17.7 Å². The van der Waals surface area contributed by atoms with E-state index in [4.69, 9.17) is 16.3 Å². The number of fused-ring (bicyclic) bond motifs is 1. The average molecular weight is 259 g/mol. The normalized spacial score (nSPS) is 10.7. The van der Waals surface area contributed by atoms with E-state index in [-0.39, 0.29) is 0 Å². The van der Waals surface area contributed by atoms with Crippen LogP contribution >= 0.6 is 11.6 Å². The van der Waals surface area contributed by atoms with Crippen LogP contribution in [0.5, 0.6) is 5.75 Å². The smallest absolute Gasteiger partial charge is 0.135 e. The molecule has 0 unspecified atom stereocenters. The predicted octanol–water partition coefficient (Wildman–Crippen LogP) is 3.80. The number of H-pyrrole nitrogens is 1. The Balaban J connectivity index is 1.78. The minimum absolute atomic E-state index is 0.419. The first-order valence-corrected chi connectivity index (χ1v) is 6.00. The molecule has 3 rings (SSSR count). The van der Waals surface area contributed by atoms with Gasteiger partial charge in [0.1, 0.15) is 17.5 Å². The van der Waals surface area contributed by atoms with E-state index in [9.17, 15) is 0 Å². The highest BCUT2D eigenvalue weighted by molar-refractivity contribution is 6.30. The maximum absolute atomic E-state index is 5.97. The molecule has 3 aromatic rings. The van der Waals surface area contributed by atoms with Crippen LogP contribution in [-0.2, 0) is 6.61 Å². The molecule has 0 aliphatic carbocycles. The molecule has 0 spiro atoms. The van der Waals surface area contributed by atoms with Gasteiger partial charge in [0.05, 0.1) is 0 Å². The minimum atomic E-state index is 0.419. The van der Waals surface area contributed by atoms with E-state index < -0.39 is 0 Å². The molecule has 3 nitrogen and oxygen atoms in total. The zero-order chi connectivity index (χ0) is 12.4. The lowest BCUT2D eigenvalue weighted by Gasteiger charge is -2.07. The van der Waals surface area contributed by atoms with Crippen LogP contribution in [0.25, 0.3) is 10.9 Å². The highest BCUT2D eigenvalue weighted by Gasteiger charge is 2.02. The molecule has 0 atom stereocenters. The Morgan fingerprint density at radius 1 is 1.22 bits per heavy atom. The molecule has 90 valence electrons. The molecule has 0 aliphatic rings. The van der Waals surface area contributed by atoms with Gasteiger partial charge in [-0.05, 0) is 30.3 Å².